The number of hydrogen-bond acceptors (Lipinski definition) is 5. The second kappa shape index (κ2) is 8.85. The van der Waals surface area contributed by atoms with E-state index in [4.69, 9.17) is 10.5 Å². The summed E-state index contributed by atoms with van der Waals surface area (Å²) in [7, 11) is 0. The fraction of sp³-hybridized carbons (Fsp3) is 0.364. The van der Waals surface area contributed by atoms with Gasteiger partial charge in [-0.25, -0.2) is 9.18 Å². The Morgan fingerprint density at radius 2 is 2.11 bits per heavy atom. The quantitative estimate of drug-likeness (QED) is 0.587. The summed E-state index contributed by atoms with van der Waals surface area (Å²) in [4.78, 5) is 14.3. The first-order valence-electron chi connectivity index (χ1n) is 9.46. The van der Waals surface area contributed by atoms with Gasteiger partial charge >= 0.3 is 5.97 Å². The van der Waals surface area contributed by atoms with Crippen molar-refractivity contribution in [1.82, 2.24) is 0 Å². The zero-order valence-electron chi connectivity index (χ0n) is 15.9. The van der Waals surface area contributed by atoms with Crippen LogP contribution in [0.4, 0.5) is 10.1 Å². The molecule has 0 amide bonds. The number of nitrogens with zero attached hydrogens (tertiary/aromatic N) is 2. The number of nitriles is 1. The number of nitrogens with two attached hydrogens (primary N) is 1. The van der Waals surface area contributed by atoms with Gasteiger partial charge in [0.2, 0.25) is 0 Å². The van der Waals surface area contributed by atoms with Gasteiger partial charge in [-0.15, -0.1) is 0 Å². The molecule has 2 atom stereocenters. The lowest BCUT2D eigenvalue weighted by atomic mass is 10.0. The molecule has 2 aromatic rings. The number of esters is 1. The van der Waals surface area contributed by atoms with Gasteiger partial charge in [-0.3, -0.25) is 0 Å². The molecular formula is C22H24FN3O2. The Morgan fingerprint density at radius 1 is 1.36 bits per heavy atom. The van der Waals surface area contributed by atoms with Gasteiger partial charge in [0.1, 0.15) is 11.9 Å². The van der Waals surface area contributed by atoms with Crippen LogP contribution in [0.3, 0.4) is 0 Å². The Kier molecular flexibility index (Phi) is 6.27. The third-order valence-electron chi connectivity index (χ3n) is 4.92. The van der Waals surface area contributed by atoms with Crippen molar-refractivity contribution in [2.45, 2.75) is 38.3 Å². The van der Waals surface area contributed by atoms with Crippen molar-refractivity contribution in [1.29, 1.82) is 5.26 Å². The zero-order valence-corrected chi connectivity index (χ0v) is 15.9. The Hall–Kier alpha value is -2.91. The van der Waals surface area contributed by atoms with Gasteiger partial charge in [0.25, 0.3) is 0 Å². The minimum absolute atomic E-state index is 0.0589. The molecule has 1 aliphatic rings. The number of fused-ring (bicyclic) bond motifs is 1. The van der Waals surface area contributed by atoms with Crippen molar-refractivity contribution in [2.75, 3.05) is 18.1 Å². The van der Waals surface area contributed by atoms with E-state index in [0.29, 0.717) is 24.1 Å². The molecule has 0 aliphatic carbocycles. The van der Waals surface area contributed by atoms with Gasteiger partial charge < -0.3 is 15.4 Å². The number of halogens is 1. The molecule has 0 saturated heterocycles. The summed E-state index contributed by atoms with van der Waals surface area (Å²) in [5.41, 5.74) is 9.14. The minimum atomic E-state index is -0.466. The van der Waals surface area contributed by atoms with Gasteiger partial charge in [-0.05, 0) is 62.1 Å². The first-order chi connectivity index (χ1) is 13.5. The molecule has 0 aromatic heterocycles. The minimum Gasteiger partial charge on any atom is -0.462 e. The van der Waals surface area contributed by atoms with Crippen molar-refractivity contribution in [3.8, 4) is 6.07 Å². The average Bonchev–Trinajstić information content (AvgIpc) is 3.02. The molecule has 2 aromatic carbocycles. The molecule has 0 fully saturated rings. The van der Waals surface area contributed by atoms with Crippen molar-refractivity contribution in [3.63, 3.8) is 0 Å². The predicted molar refractivity (Wildman–Crippen MR) is 106 cm³/mol. The van der Waals surface area contributed by atoms with Crippen LogP contribution < -0.4 is 10.6 Å². The first-order valence-corrected chi connectivity index (χ1v) is 9.46. The highest BCUT2D eigenvalue weighted by molar-refractivity contribution is 5.89. The van der Waals surface area contributed by atoms with E-state index in [1.165, 1.54) is 24.3 Å². The highest BCUT2D eigenvalue weighted by atomic mass is 19.1. The lowest BCUT2D eigenvalue weighted by Gasteiger charge is -2.29. The molecule has 0 spiro atoms. The lowest BCUT2D eigenvalue weighted by molar-refractivity contribution is 0.0502. The van der Waals surface area contributed by atoms with Crippen LogP contribution in [0.2, 0.25) is 0 Å². The van der Waals surface area contributed by atoms with Gasteiger partial charge in [0.05, 0.1) is 23.4 Å². The average molecular weight is 381 g/mol. The van der Waals surface area contributed by atoms with Crippen LogP contribution in [0.25, 0.3) is 0 Å². The van der Waals surface area contributed by atoms with Crippen LogP contribution in [0, 0.1) is 17.1 Å². The molecule has 5 nitrogen and oxygen atoms in total. The van der Waals surface area contributed by atoms with Crippen molar-refractivity contribution in [3.05, 3.63) is 65.0 Å². The third kappa shape index (κ3) is 4.49. The molecular weight excluding hydrogens is 357 g/mol. The van der Waals surface area contributed by atoms with E-state index in [9.17, 15) is 14.4 Å². The highest BCUT2D eigenvalue weighted by Crippen LogP contribution is 2.36. The van der Waals surface area contributed by atoms with Crippen LogP contribution in [-0.4, -0.2) is 31.2 Å². The largest absolute Gasteiger partial charge is 0.462 e. The topological polar surface area (TPSA) is 79.3 Å². The molecule has 0 bridgehead atoms. The van der Waals surface area contributed by atoms with E-state index in [0.717, 1.165) is 24.1 Å². The fourth-order valence-corrected chi connectivity index (χ4v) is 3.74. The summed E-state index contributed by atoms with van der Waals surface area (Å²) in [5.74, 6) is -0.857. The zero-order chi connectivity index (χ0) is 20.1. The Balaban J connectivity index is 1.62. The summed E-state index contributed by atoms with van der Waals surface area (Å²) in [6, 6.07) is 13.7. The Bertz CT molecular complexity index is 874. The molecule has 3 rings (SSSR count). The van der Waals surface area contributed by atoms with Crippen LogP contribution in [0.5, 0.6) is 0 Å². The maximum Gasteiger partial charge on any atom is 0.338 e. The molecule has 1 heterocycles. The number of carbonyl (C=O) groups is 1. The van der Waals surface area contributed by atoms with Crippen molar-refractivity contribution in [2.24, 2.45) is 5.73 Å². The highest BCUT2D eigenvalue weighted by Gasteiger charge is 2.31. The second-order valence-corrected chi connectivity index (χ2v) is 7.19. The van der Waals surface area contributed by atoms with Crippen LogP contribution in [-0.2, 0) is 11.2 Å². The third-order valence-corrected chi connectivity index (χ3v) is 4.92. The maximum absolute atomic E-state index is 13.0. The summed E-state index contributed by atoms with van der Waals surface area (Å²) < 4.78 is 18.3. The van der Waals surface area contributed by atoms with E-state index in [2.05, 4.69) is 17.0 Å². The first kappa shape index (κ1) is 19.8. The molecule has 2 unspecified atom stereocenters. The number of benzene rings is 2. The molecule has 1 aliphatic heterocycles. The second-order valence-electron chi connectivity index (χ2n) is 7.19. The van der Waals surface area contributed by atoms with Crippen LogP contribution in [0.15, 0.2) is 42.5 Å². The molecule has 28 heavy (non-hydrogen) atoms. The summed E-state index contributed by atoms with van der Waals surface area (Å²) in [5, 5.41) is 9.48. The van der Waals surface area contributed by atoms with E-state index in [-0.39, 0.29) is 18.7 Å². The van der Waals surface area contributed by atoms with E-state index < -0.39 is 11.8 Å². The number of carbonyl (C=O) groups excluding carboxylic acids is 1. The number of rotatable bonds is 7. The van der Waals surface area contributed by atoms with Gasteiger partial charge in [-0.1, -0.05) is 12.1 Å². The summed E-state index contributed by atoms with van der Waals surface area (Å²) in [6.07, 6.45) is 2.32. The lowest BCUT2D eigenvalue weighted by Crippen LogP contribution is -2.37. The van der Waals surface area contributed by atoms with Crippen LogP contribution >= 0.6 is 0 Å². The molecule has 0 saturated carbocycles. The molecule has 2 N–H and O–H groups in total. The van der Waals surface area contributed by atoms with Crippen molar-refractivity contribution < 1.29 is 13.9 Å². The van der Waals surface area contributed by atoms with E-state index >= 15 is 0 Å². The summed E-state index contributed by atoms with van der Waals surface area (Å²) >= 11 is 0. The number of anilines is 1. The fourth-order valence-electron chi connectivity index (χ4n) is 3.74. The predicted octanol–water partition coefficient (Wildman–Crippen LogP) is 3.41. The molecule has 146 valence electrons. The molecule has 6 heteroatoms. The SMILES string of the molecule is CC(N)CC1Cc2cccc(C#N)c2N1CCCOC(=O)c1ccc(F)cc1. The van der Waals surface area contributed by atoms with Gasteiger partial charge in [0, 0.05) is 18.6 Å². The smallest absolute Gasteiger partial charge is 0.338 e. The van der Waals surface area contributed by atoms with E-state index in [1.54, 1.807) is 0 Å². The van der Waals surface area contributed by atoms with Gasteiger partial charge in [0.15, 0.2) is 0 Å². The maximum atomic E-state index is 13.0. The van der Waals surface area contributed by atoms with Crippen molar-refractivity contribution >= 4 is 11.7 Å². The Morgan fingerprint density at radius 3 is 2.79 bits per heavy atom. The van der Waals surface area contributed by atoms with E-state index in [1.807, 2.05) is 19.1 Å². The number of para-hydroxylation sites is 1. The van der Waals surface area contributed by atoms with Crippen LogP contribution in [0.1, 0.15) is 41.3 Å². The Labute approximate surface area is 164 Å². The number of ether oxygens (including phenoxy) is 1. The normalized spacial score (nSPS) is 16.4. The van der Waals surface area contributed by atoms with Gasteiger partial charge in [-0.2, -0.15) is 5.26 Å². The number of hydrogen-bond donors (Lipinski definition) is 1. The monoisotopic (exact) mass is 381 g/mol. The standard InChI is InChI=1S/C22H24FN3O2/c1-15(25)12-20-13-17-4-2-5-18(14-24)21(17)26(20)10-3-11-28-22(27)16-6-8-19(23)9-7-16/h2,4-9,15,20H,3,10-13,25H2,1H3. The molecule has 0 radical (unpaired) electrons. The summed E-state index contributed by atoms with van der Waals surface area (Å²) in [6.45, 7) is 2.90.